The van der Waals surface area contributed by atoms with Crippen LogP contribution in [0.25, 0.3) is 10.8 Å². The maximum atomic E-state index is 11.5. The van der Waals surface area contributed by atoms with Gasteiger partial charge < -0.3 is 9.47 Å². The van der Waals surface area contributed by atoms with Crippen LogP contribution in [0.4, 0.5) is 0 Å². The lowest BCUT2D eigenvalue weighted by Crippen LogP contribution is -2.17. The van der Waals surface area contributed by atoms with E-state index >= 15 is 0 Å². The van der Waals surface area contributed by atoms with Gasteiger partial charge in [0.05, 0.1) is 7.11 Å². The van der Waals surface area contributed by atoms with Crippen molar-refractivity contribution in [3.05, 3.63) is 48.0 Å². The number of fused-ring (bicyclic) bond motifs is 1. The van der Waals surface area contributed by atoms with Gasteiger partial charge in [-0.05, 0) is 29.3 Å². The van der Waals surface area contributed by atoms with Crippen LogP contribution in [-0.2, 0) is 19.9 Å². The monoisotopic (exact) mass is 242 g/mol. The molecule has 3 nitrogen and oxygen atoms in total. The van der Waals surface area contributed by atoms with E-state index in [4.69, 9.17) is 9.47 Å². The summed E-state index contributed by atoms with van der Waals surface area (Å²) in [7, 11) is 1.38. The molecule has 1 heterocycles. The molecule has 0 aliphatic carbocycles. The van der Waals surface area contributed by atoms with E-state index in [1.54, 1.807) is 0 Å². The molecule has 92 valence electrons. The standard InChI is InChI=1S/C15H14O3/c1-15(13(18-15)14(16)17-2)12-8-7-10-5-3-4-6-11(10)9-12/h3-9,13H,1-2H3. The maximum Gasteiger partial charge on any atom is 0.338 e. The summed E-state index contributed by atoms with van der Waals surface area (Å²) in [5.74, 6) is -0.314. The van der Waals surface area contributed by atoms with Crippen molar-refractivity contribution in [2.24, 2.45) is 0 Å². The first-order valence-corrected chi connectivity index (χ1v) is 5.90. The van der Waals surface area contributed by atoms with Crippen LogP contribution in [0.3, 0.4) is 0 Å². The van der Waals surface area contributed by atoms with Gasteiger partial charge in [0.1, 0.15) is 5.60 Å². The van der Waals surface area contributed by atoms with Crippen LogP contribution < -0.4 is 0 Å². The Morgan fingerprint density at radius 3 is 2.67 bits per heavy atom. The van der Waals surface area contributed by atoms with E-state index in [0.29, 0.717) is 0 Å². The SMILES string of the molecule is COC(=O)C1OC1(C)c1ccc2ccccc2c1. The Bertz CT molecular complexity index is 620. The minimum absolute atomic E-state index is 0.314. The van der Waals surface area contributed by atoms with Crippen molar-refractivity contribution in [3.8, 4) is 0 Å². The molecule has 1 aliphatic rings. The molecule has 0 spiro atoms. The number of epoxide rings is 1. The van der Waals surface area contributed by atoms with Gasteiger partial charge in [0.25, 0.3) is 0 Å². The van der Waals surface area contributed by atoms with Gasteiger partial charge in [0.2, 0.25) is 0 Å². The molecular formula is C15H14O3. The predicted octanol–water partition coefficient (Wildman–Crippen LogP) is 2.63. The zero-order chi connectivity index (χ0) is 12.8. The molecule has 2 aromatic carbocycles. The van der Waals surface area contributed by atoms with E-state index < -0.39 is 11.7 Å². The first-order valence-electron chi connectivity index (χ1n) is 5.90. The third-order valence-electron chi connectivity index (χ3n) is 3.54. The van der Waals surface area contributed by atoms with Crippen LogP contribution in [0.1, 0.15) is 12.5 Å². The lowest BCUT2D eigenvalue weighted by molar-refractivity contribution is -0.142. The summed E-state index contributed by atoms with van der Waals surface area (Å²) < 4.78 is 10.2. The summed E-state index contributed by atoms with van der Waals surface area (Å²) in [6.45, 7) is 1.92. The van der Waals surface area contributed by atoms with Gasteiger partial charge in [-0.2, -0.15) is 0 Å². The Balaban J connectivity index is 1.99. The zero-order valence-electron chi connectivity index (χ0n) is 10.3. The first-order chi connectivity index (χ1) is 8.65. The third kappa shape index (κ3) is 1.59. The number of methoxy groups -OCH3 is 1. The average molecular weight is 242 g/mol. The highest BCUT2D eigenvalue weighted by molar-refractivity contribution is 5.85. The zero-order valence-corrected chi connectivity index (χ0v) is 10.3. The number of benzene rings is 2. The molecule has 3 rings (SSSR count). The van der Waals surface area contributed by atoms with Crippen molar-refractivity contribution in [2.45, 2.75) is 18.6 Å². The van der Waals surface area contributed by atoms with E-state index in [-0.39, 0.29) is 5.97 Å². The summed E-state index contributed by atoms with van der Waals surface area (Å²) in [4.78, 5) is 11.5. The Labute approximate surface area is 105 Å². The minimum Gasteiger partial charge on any atom is -0.467 e. The molecule has 0 radical (unpaired) electrons. The predicted molar refractivity (Wildman–Crippen MR) is 68.2 cm³/mol. The average Bonchev–Trinajstić information content (AvgIpc) is 3.11. The van der Waals surface area contributed by atoms with Gasteiger partial charge in [-0.1, -0.05) is 36.4 Å². The van der Waals surface area contributed by atoms with Crippen molar-refractivity contribution in [1.29, 1.82) is 0 Å². The molecule has 0 bridgehead atoms. The van der Waals surface area contributed by atoms with Crippen molar-refractivity contribution in [2.75, 3.05) is 7.11 Å². The van der Waals surface area contributed by atoms with Gasteiger partial charge in [-0.3, -0.25) is 0 Å². The number of carbonyl (C=O) groups excluding carboxylic acids is 1. The second-order valence-electron chi connectivity index (χ2n) is 4.69. The van der Waals surface area contributed by atoms with Crippen LogP contribution in [0.5, 0.6) is 0 Å². The second-order valence-corrected chi connectivity index (χ2v) is 4.69. The van der Waals surface area contributed by atoms with E-state index in [0.717, 1.165) is 10.9 Å². The topological polar surface area (TPSA) is 38.8 Å². The number of esters is 1. The summed E-state index contributed by atoms with van der Waals surface area (Å²) in [5.41, 5.74) is 0.466. The van der Waals surface area contributed by atoms with Crippen LogP contribution in [-0.4, -0.2) is 19.2 Å². The first kappa shape index (κ1) is 11.2. The minimum atomic E-state index is -0.545. The molecule has 18 heavy (non-hydrogen) atoms. The van der Waals surface area contributed by atoms with Crippen LogP contribution in [0, 0.1) is 0 Å². The number of hydrogen-bond acceptors (Lipinski definition) is 3. The molecule has 2 unspecified atom stereocenters. The van der Waals surface area contributed by atoms with Gasteiger partial charge in [-0.15, -0.1) is 0 Å². The molecular weight excluding hydrogens is 228 g/mol. The normalized spacial score (nSPS) is 26.0. The highest BCUT2D eigenvalue weighted by atomic mass is 16.6. The van der Waals surface area contributed by atoms with Gasteiger partial charge >= 0.3 is 5.97 Å². The lowest BCUT2D eigenvalue weighted by Gasteiger charge is -2.08. The van der Waals surface area contributed by atoms with Crippen LogP contribution in [0.2, 0.25) is 0 Å². The van der Waals surface area contributed by atoms with Gasteiger partial charge in [0.15, 0.2) is 6.10 Å². The van der Waals surface area contributed by atoms with Crippen molar-refractivity contribution >= 4 is 16.7 Å². The number of carbonyl (C=O) groups is 1. The van der Waals surface area contributed by atoms with Gasteiger partial charge in [0, 0.05) is 0 Å². The molecule has 0 N–H and O–H groups in total. The molecule has 0 aromatic heterocycles. The molecule has 1 fully saturated rings. The Hall–Kier alpha value is -1.87. The highest BCUT2D eigenvalue weighted by Crippen LogP contribution is 2.46. The van der Waals surface area contributed by atoms with Crippen molar-refractivity contribution < 1.29 is 14.3 Å². The summed E-state index contributed by atoms with van der Waals surface area (Å²) in [6.07, 6.45) is -0.483. The summed E-state index contributed by atoms with van der Waals surface area (Å²) in [5, 5.41) is 2.33. The number of hydrogen-bond donors (Lipinski definition) is 0. The Morgan fingerprint density at radius 1 is 1.22 bits per heavy atom. The fourth-order valence-electron chi connectivity index (χ4n) is 2.31. The van der Waals surface area contributed by atoms with Crippen LogP contribution in [0.15, 0.2) is 42.5 Å². The van der Waals surface area contributed by atoms with Gasteiger partial charge in [-0.25, -0.2) is 4.79 Å². The largest absolute Gasteiger partial charge is 0.467 e. The van der Waals surface area contributed by atoms with E-state index in [1.807, 2.05) is 31.2 Å². The fourth-order valence-corrected chi connectivity index (χ4v) is 2.31. The van der Waals surface area contributed by atoms with E-state index in [1.165, 1.54) is 12.5 Å². The summed E-state index contributed by atoms with van der Waals surface area (Å²) >= 11 is 0. The van der Waals surface area contributed by atoms with Crippen molar-refractivity contribution in [1.82, 2.24) is 0 Å². The summed E-state index contributed by atoms with van der Waals surface area (Å²) in [6, 6.07) is 14.2. The van der Waals surface area contributed by atoms with E-state index in [2.05, 4.69) is 18.2 Å². The van der Waals surface area contributed by atoms with Crippen molar-refractivity contribution in [3.63, 3.8) is 0 Å². The molecule has 0 amide bonds. The van der Waals surface area contributed by atoms with E-state index in [9.17, 15) is 4.79 Å². The molecule has 2 atom stereocenters. The smallest absolute Gasteiger partial charge is 0.338 e. The maximum absolute atomic E-state index is 11.5. The lowest BCUT2D eigenvalue weighted by atomic mass is 9.95. The molecule has 1 saturated heterocycles. The molecule has 1 aliphatic heterocycles. The second kappa shape index (κ2) is 3.82. The number of ether oxygens (including phenoxy) is 2. The molecule has 2 aromatic rings. The fraction of sp³-hybridized carbons (Fsp3) is 0.267. The van der Waals surface area contributed by atoms with Crippen LogP contribution >= 0.6 is 0 Å². The highest BCUT2D eigenvalue weighted by Gasteiger charge is 2.59. The Morgan fingerprint density at radius 2 is 1.94 bits per heavy atom. The quantitative estimate of drug-likeness (QED) is 0.600. The third-order valence-corrected chi connectivity index (χ3v) is 3.54. The molecule has 3 heteroatoms. The molecule has 0 saturated carbocycles. The number of rotatable bonds is 2. The Kier molecular flexibility index (Phi) is 2.38.